The van der Waals surface area contributed by atoms with Crippen LogP contribution in [0.15, 0.2) is 42.5 Å². The van der Waals surface area contributed by atoms with Crippen LogP contribution >= 0.6 is 0 Å². The molecule has 1 aliphatic rings. The number of aliphatic hydroxyl groups is 1. The lowest BCUT2D eigenvalue weighted by atomic mass is 10.2. The largest absolute Gasteiger partial charge is 0.459 e. The number of ether oxygens (including phenoxy) is 2. The Kier molecular flexibility index (Phi) is 10.3. The summed E-state index contributed by atoms with van der Waals surface area (Å²) >= 11 is 0. The number of carbonyl (C=O) groups excluding carboxylic acids is 1. The van der Waals surface area contributed by atoms with E-state index >= 15 is 0 Å². The van der Waals surface area contributed by atoms with Crippen LogP contribution in [0, 0.1) is 0 Å². The van der Waals surface area contributed by atoms with Gasteiger partial charge in [0.25, 0.3) is 0 Å². The number of rotatable bonds is 3. The van der Waals surface area contributed by atoms with Gasteiger partial charge in [-0.2, -0.15) is 0 Å². The van der Waals surface area contributed by atoms with E-state index in [-0.39, 0.29) is 6.61 Å². The molecule has 1 aliphatic heterocycles. The minimum atomic E-state index is -0.618. The van der Waals surface area contributed by atoms with Gasteiger partial charge in [0.05, 0.1) is 24.9 Å². The molecule has 0 radical (unpaired) electrons. The van der Waals surface area contributed by atoms with Gasteiger partial charge in [0, 0.05) is 0 Å². The smallest absolute Gasteiger partial charge is 0.338 e. The molecule has 0 bridgehead atoms. The van der Waals surface area contributed by atoms with E-state index in [1.54, 1.807) is 31.2 Å². The first kappa shape index (κ1) is 18.4. The van der Waals surface area contributed by atoms with Crippen LogP contribution < -0.4 is 0 Å². The number of aliphatic hydroxyl groups excluding tert-OH is 1. The van der Waals surface area contributed by atoms with Crippen molar-refractivity contribution in [3.63, 3.8) is 0 Å². The minimum absolute atomic E-state index is 0.0354. The number of carbonyl (C=O) groups is 1. The summed E-state index contributed by atoms with van der Waals surface area (Å²) in [6, 6.07) is 8.69. The minimum Gasteiger partial charge on any atom is -0.459 e. The van der Waals surface area contributed by atoms with Gasteiger partial charge in [0.15, 0.2) is 0 Å². The predicted molar refractivity (Wildman–Crippen MR) is 79.7 cm³/mol. The van der Waals surface area contributed by atoms with Crippen molar-refractivity contribution >= 4 is 5.97 Å². The van der Waals surface area contributed by atoms with Crippen LogP contribution in [0.2, 0.25) is 0 Å². The maximum atomic E-state index is 11.2. The average Bonchev–Trinajstić information content (AvgIpc) is 3.24. The van der Waals surface area contributed by atoms with Crippen molar-refractivity contribution < 1.29 is 19.4 Å². The number of hydrogen-bond donors (Lipinski definition) is 1. The number of benzene rings is 1. The first-order valence-electron chi connectivity index (χ1n) is 6.53. The van der Waals surface area contributed by atoms with Gasteiger partial charge in [-0.3, -0.25) is 0 Å². The van der Waals surface area contributed by atoms with Crippen LogP contribution in [-0.4, -0.2) is 37.0 Å². The molecule has 1 N–H and O–H groups in total. The second-order valence-electron chi connectivity index (χ2n) is 4.63. The lowest BCUT2D eigenvalue weighted by Gasteiger charge is -2.05. The van der Waals surface area contributed by atoms with Crippen molar-refractivity contribution in [3.05, 3.63) is 48.0 Å². The Labute approximate surface area is 121 Å². The Morgan fingerprint density at radius 2 is 1.80 bits per heavy atom. The summed E-state index contributed by atoms with van der Waals surface area (Å²) in [4.78, 5) is 11.2. The summed E-state index contributed by atoms with van der Waals surface area (Å²) in [6.07, 6.45) is -0.618. The molecule has 4 heteroatoms. The molecule has 112 valence electrons. The first-order valence-corrected chi connectivity index (χ1v) is 6.53. The van der Waals surface area contributed by atoms with Crippen LogP contribution in [0.5, 0.6) is 0 Å². The van der Waals surface area contributed by atoms with E-state index in [1.807, 2.05) is 19.9 Å². The Bertz CT molecular complexity index is 376. The van der Waals surface area contributed by atoms with Crippen LogP contribution in [0.25, 0.3) is 0 Å². The van der Waals surface area contributed by atoms with Gasteiger partial charge in [-0.25, -0.2) is 4.79 Å². The summed E-state index contributed by atoms with van der Waals surface area (Å²) in [6.45, 7) is 11.1. The van der Waals surface area contributed by atoms with Crippen molar-refractivity contribution in [2.24, 2.45) is 0 Å². The summed E-state index contributed by atoms with van der Waals surface area (Å²) in [5.74, 6) is -0.401. The molecule has 1 fully saturated rings. The van der Waals surface area contributed by atoms with Gasteiger partial charge in [-0.15, -0.1) is 6.58 Å². The fourth-order valence-corrected chi connectivity index (χ4v) is 0.854. The molecule has 4 nitrogen and oxygen atoms in total. The average molecular weight is 280 g/mol. The van der Waals surface area contributed by atoms with E-state index in [9.17, 15) is 4.79 Å². The van der Waals surface area contributed by atoms with Crippen molar-refractivity contribution in [2.75, 3.05) is 19.8 Å². The zero-order valence-corrected chi connectivity index (χ0v) is 12.5. The maximum Gasteiger partial charge on any atom is 0.338 e. The van der Waals surface area contributed by atoms with Crippen molar-refractivity contribution in [1.82, 2.24) is 0 Å². The number of esters is 1. The molecule has 1 aromatic rings. The summed E-state index contributed by atoms with van der Waals surface area (Å²) < 4.78 is 9.30. The van der Waals surface area contributed by atoms with Crippen molar-refractivity contribution in [1.29, 1.82) is 0 Å². The molecule has 0 amide bonds. The first-order chi connectivity index (χ1) is 9.43. The molecule has 1 atom stereocenters. The predicted octanol–water partition coefficient (Wildman–Crippen LogP) is 2.82. The molecule has 1 aromatic carbocycles. The molecule has 2 rings (SSSR count). The topological polar surface area (TPSA) is 59.1 Å². The molecule has 20 heavy (non-hydrogen) atoms. The molecule has 1 heterocycles. The number of epoxide rings is 1. The Morgan fingerprint density at radius 3 is 2.15 bits per heavy atom. The van der Waals surface area contributed by atoms with Crippen LogP contribution in [-0.2, 0) is 9.47 Å². The van der Waals surface area contributed by atoms with Gasteiger partial charge in [-0.1, -0.05) is 23.8 Å². The lowest BCUT2D eigenvalue weighted by Crippen LogP contribution is -2.15. The normalized spacial score (nSPS) is 12.8. The third-order valence-electron chi connectivity index (χ3n) is 1.67. The quantitative estimate of drug-likeness (QED) is 0.525. The van der Waals surface area contributed by atoms with Crippen LogP contribution in [0.1, 0.15) is 31.1 Å². The van der Waals surface area contributed by atoms with Gasteiger partial charge >= 0.3 is 5.97 Å². The fraction of sp³-hybridized carbons (Fsp3) is 0.438. The molecule has 1 unspecified atom stereocenters. The van der Waals surface area contributed by atoms with E-state index in [1.165, 1.54) is 5.57 Å². The van der Waals surface area contributed by atoms with Gasteiger partial charge < -0.3 is 14.6 Å². The highest BCUT2D eigenvalue weighted by molar-refractivity contribution is 5.89. The van der Waals surface area contributed by atoms with Gasteiger partial charge in [0.1, 0.15) is 6.61 Å². The second kappa shape index (κ2) is 11.2. The second-order valence-corrected chi connectivity index (χ2v) is 4.63. The Balaban J connectivity index is 0.000000422. The third-order valence-corrected chi connectivity index (χ3v) is 1.67. The summed E-state index contributed by atoms with van der Waals surface area (Å²) in [5, 5.41) is 8.87. The standard InChI is InChI=1S/C10H12O3.C4H8.C2H4O/c1-8(11)7-13-10(12)9-5-3-2-4-6-9;1-4(2)3;1-2-3-1/h2-6,8,11H,7H2,1H3;1H2,2-3H3;1-2H2. The highest BCUT2D eigenvalue weighted by Crippen LogP contribution is 2.01. The number of hydrogen-bond acceptors (Lipinski definition) is 4. The van der Waals surface area contributed by atoms with Crippen LogP contribution in [0.4, 0.5) is 0 Å². The highest BCUT2D eigenvalue weighted by Gasteiger charge is 2.06. The van der Waals surface area contributed by atoms with E-state index in [4.69, 9.17) is 9.84 Å². The fourth-order valence-electron chi connectivity index (χ4n) is 0.854. The maximum absolute atomic E-state index is 11.2. The van der Waals surface area contributed by atoms with Crippen LogP contribution in [0.3, 0.4) is 0 Å². The zero-order valence-electron chi connectivity index (χ0n) is 12.5. The molecule has 0 aromatic heterocycles. The van der Waals surface area contributed by atoms with E-state index in [0.717, 1.165) is 13.2 Å². The summed E-state index contributed by atoms with van der Waals surface area (Å²) in [7, 11) is 0. The van der Waals surface area contributed by atoms with E-state index in [2.05, 4.69) is 11.3 Å². The lowest BCUT2D eigenvalue weighted by molar-refractivity contribution is 0.0296. The highest BCUT2D eigenvalue weighted by atomic mass is 16.6. The Hall–Kier alpha value is -1.65. The third kappa shape index (κ3) is 14.4. The van der Waals surface area contributed by atoms with Gasteiger partial charge in [-0.05, 0) is 32.9 Å². The van der Waals surface area contributed by atoms with Crippen molar-refractivity contribution in [3.8, 4) is 0 Å². The van der Waals surface area contributed by atoms with Crippen molar-refractivity contribution in [2.45, 2.75) is 26.9 Å². The molecule has 0 aliphatic carbocycles. The van der Waals surface area contributed by atoms with Gasteiger partial charge in [0.2, 0.25) is 0 Å². The molecule has 0 saturated carbocycles. The SMILES string of the molecule is C1CO1.C=C(C)C.CC(O)COC(=O)c1ccccc1. The molecule has 1 saturated heterocycles. The van der Waals surface area contributed by atoms with E-state index < -0.39 is 12.1 Å². The molecular weight excluding hydrogens is 256 g/mol. The Morgan fingerprint density at radius 1 is 1.35 bits per heavy atom. The summed E-state index contributed by atoms with van der Waals surface area (Å²) in [5.41, 5.74) is 1.67. The molecule has 0 spiro atoms. The monoisotopic (exact) mass is 280 g/mol. The molecular formula is C16H24O4. The van der Waals surface area contributed by atoms with E-state index in [0.29, 0.717) is 5.56 Å². The zero-order chi connectivity index (χ0) is 15.4. The number of allylic oxidation sites excluding steroid dienone is 1.